The molecule has 1 aliphatic carbocycles. The Morgan fingerprint density at radius 2 is 2.10 bits per heavy atom. The van der Waals surface area contributed by atoms with Gasteiger partial charge in [-0.25, -0.2) is 4.98 Å². The molecule has 2 unspecified atom stereocenters. The highest BCUT2D eigenvalue weighted by atomic mass is 79.9. The zero-order valence-electron chi connectivity index (χ0n) is 12.0. The van der Waals surface area contributed by atoms with E-state index < -0.39 is 0 Å². The Morgan fingerprint density at radius 3 is 2.80 bits per heavy atom. The smallest absolute Gasteiger partial charge is 0.0966 e. The number of thiazole rings is 1. The van der Waals surface area contributed by atoms with Gasteiger partial charge in [0.25, 0.3) is 0 Å². The van der Waals surface area contributed by atoms with E-state index in [1.807, 2.05) is 11.3 Å². The Bertz CT molecular complexity index is 605. The van der Waals surface area contributed by atoms with Crippen molar-refractivity contribution < 1.29 is 0 Å². The van der Waals surface area contributed by atoms with Gasteiger partial charge in [-0.15, -0.1) is 11.3 Å². The van der Waals surface area contributed by atoms with Crippen molar-refractivity contribution in [1.29, 1.82) is 0 Å². The number of nitrogens with zero attached hydrogens (tertiary/aromatic N) is 1. The highest BCUT2D eigenvalue weighted by molar-refractivity contribution is 9.10. The molecule has 0 radical (unpaired) electrons. The summed E-state index contributed by atoms with van der Waals surface area (Å²) in [6.07, 6.45) is 5.35. The van der Waals surface area contributed by atoms with E-state index in [1.165, 1.54) is 41.1 Å². The minimum absolute atomic E-state index is 0.694. The Hall–Kier alpha value is -0.670. The van der Waals surface area contributed by atoms with Gasteiger partial charge in [0.2, 0.25) is 0 Å². The van der Waals surface area contributed by atoms with Crippen LogP contribution < -0.4 is 0 Å². The first-order valence-electron chi connectivity index (χ1n) is 7.41. The molecule has 3 rings (SSSR count). The summed E-state index contributed by atoms with van der Waals surface area (Å²) in [6, 6.07) is 8.39. The molecule has 1 aromatic carbocycles. The molecule has 0 spiro atoms. The first-order valence-corrected chi connectivity index (χ1v) is 9.02. The summed E-state index contributed by atoms with van der Waals surface area (Å²) in [6.45, 7) is 4.51. The van der Waals surface area contributed by atoms with Crippen LogP contribution in [0, 0.1) is 12.8 Å². The molecule has 20 heavy (non-hydrogen) atoms. The molecule has 0 saturated heterocycles. The van der Waals surface area contributed by atoms with Crippen molar-refractivity contribution in [3.63, 3.8) is 0 Å². The summed E-state index contributed by atoms with van der Waals surface area (Å²) in [5.74, 6) is 1.61. The molecular weight excluding hydrogens is 330 g/mol. The average Bonchev–Trinajstić information content (AvgIpc) is 3.06. The molecule has 1 heterocycles. The molecular formula is C17H20BrNS. The molecule has 1 aromatic heterocycles. The van der Waals surface area contributed by atoms with Gasteiger partial charge in [0, 0.05) is 20.8 Å². The fourth-order valence-corrected chi connectivity index (χ4v) is 4.72. The Kier molecular flexibility index (Phi) is 4.27. The van der Waals surface area contributed by atoms with Gasteiger partial charge in [0.15, 0.2) is 0 Å². The normalized spacial score (nSPS) is 22.4. The standard InChI is InChI=1S/C17H20BrNS/c1-3-12-8-9-13(10-12)17-19-16(11(2)20-17)14-6-4-5-7-15(14)18/h4-7,12-13H,3,8-10H2,1-2H3. The summed E-state index contributed by atoms with van der Waals surface area (Å²) in [7, 11) is 0. The van der Waals surface area contributed by atoms with Crippen LogP contribution in [0.4, 0.5) is 0 Å². The maximum absolute atomic E-state index is 4.98. The third-order valence-corrected chi connectivity index (χ3v) is 6.23. The summed E-state index contributed by atoms with van der Waals surface area (Å²) in [5.41, 5.74) is 2.38. The van der Waals surface area contributed by atoms with Gasteiger partial charge in [-0.2, -0.15) is 0 Å². The van der Waals surface area contributed by atoms with E-state index in [-0.39, 0.29) is 0 Å². The van der Waals surface area contributed by atoms with E-state index in [0.29, 0.717) is 5.92 Å². The molecule has 0 N–H and O–H groups in total. The van der Waals surface area contributed by atoms with Gasteiger partial charge >= 0.3 is 0 Å². The lowest BCUT2D eigenvalue weighted by Crippen LogP contribution is -1.94. The summed E-state index contributed by atoms with van der Waals surface area (Å²) in [5, 5.41) is 1.35. The van der Waals surface area contributed by atoms with E-state index in [2.05, 4.69) is 54.0 Å². The van der Waals surface area contributed by atoms with Crippen molar-refractivity contribution in [2.45, 2.75) is 45.4 Å². The lowest BCUT2D eigenvalue weighted by atomic mass is 10.0. The van der Waals surface area contributed by atoms with Crippen molar-refractivity contribution >= 4 is 27.3 Å². The van der Waals surface area contributed by atoms with Gasteiger partial charge in [-0.1, -0.05) is 47.5 Å². The van der Waals surface area contributed by atoms with E-state index in [4.69, 9.17) is 4.98 Å². The predicted molar refractivity (Wildman–Crippen MR) is 90.4 cm³/mol. The highest BCUT2D eigenvalue weighted by Crippen LogP contribution is 2.43. The van der Waals surface area contributed by atoms with E-state index in [9.17, 15) is 0 Å². The van der Waals surface area contributed by atoms with Gasteiger partial charge in [0.1, 0.15) is 0 Å². The molecule has 2 aromatic rings. The first-order chi connectivity index (χ1) is 9.69. The van der Waals surface area contributed by atoms with E-state index in [0.717, 1.165) is 16.1 Å². The van der Waals surface area contributed by atoms with Crippen LogP contribution in [0.1, 0.15) is 48.4 Å². The van der Waals surface area contributed by atoms with E-state index in [1.54, 1.807) is 0 Å². The molecule has 106 valence electrons. The largest absolute Gasteiger partial charge is 0.241 e. The van der Waals surface area contributed by atoms with Crippen LogP contribution in [0.5, 0.6) is 0 Å². The average molecular weight is 350 g/mol. The van der Waals surface area contributed by atoms with Gasteiger partial charge in [0.05, 0.1) is 10.7 Å². The number of rotatable bonds is 3. The van der Waals surface area contributed by atoms with Gasteiger partial charge < -0.3 is 0 Å². The second-order valence-corrected chi connectivity index (χ2v) is 7.81. The Morgan fingerprint density at radius 1 is 1.30 bits per heavy atom. The van der Waals surface area contributed by atoms with Crippen LogP contribution in [0.25, 0.3) is 11.3 Å². The molecule has 1 fully saturated rings. The quantitative estimate of drug-likeness (QED) is 0.645. The Balaban J connectivity index is 1.90. The molecule has 0 amide bonds. The summed E-state index contributed by atoms with van der Waals surface area (Å²) >= 11 is 5.54. The molecule has 1 aliphatic rings. The van der Waals surface area contributed by atoms with Crippen molar-refractivity contribution in [2.75, 3.05) is 0 Å². The van der Waals surface area contributed by atoms with Crippen molar-refractivity contribution in [1.82, 2.24) is 4.98 Å². The van der Waals surface area contributed by atoms with Crippen LogP contribution in [-0.2, 0) is 0 Å². The second kappa shape index (κ2) is 5.98. The second-order valence-electron chi connectivity index (χ2n) is 5.72. The van der Waals surface area contributed by atoms with Crippen molar-refractivity contribution in [3.8, 4) is 11.3 Å². The molecule has 0 aliphatic heterocycles. The lowest BCUT2D eigenvalue weighted by molar-refractivity contribution is 0.521. The fraction of sp³-hybridized carbons (Fsp3) is 0.471. The van der Waals surface area contributed by atoms with Crippen LogP contribution in [0.2, 0.25) is 0 Å². The third kappa shape index (κ3) is 2.71. The van der Waals surface area contributed by atoms with E-state index >= 15 is 0 Å². The number of aryl methyl sites for hydroxylation is 1. The zero-order valence-corrected chi connectivity index (χ0v) is 14.4. The van der Waals surface area contributed by atoms with Gasteiger partial charge in [-0.3, -0.25) is 0 Å². The summed E-state index contributed by atoms with van der Waals surface area (Å²) in [4.78, 5) is 6.32. The van der Waals surface area contributed by atoms with Crippen LogP contribution in [-0.4, -0.2) is 4.98 Å². The van der Waals surface area contributed by atoms with Crippen molar-refractivity contribution in [2.24, 2.45) is 5.92 Å². The number of aromatic nitrogens is 1. The molecule has 1 nitrogen and oxygen atoms in total. The number of hydrogen-bond acceptors (Lipinski definition) is 2. The molecule has 3 heteroatoms. The number of halogens is 1. The Labute approximate surface area is 133 Å². The zero-order chi connectivity index (χ0) is 14.1. The topological polar surface area (TPSA) is 12.9 Å². The predicted octanol–water partition coefficient (Wildman–Crippen LogP) is 6.17. The maximum Gasteiger partial charge on any atom is 0.0966 e. The summed E-state index contributed by atoms with van der Waals surface area (Å²) < 4.78 is 1.14. The maximum atomic E-state index is 4.98. The van der Waals surface area contributed by atoms with Crippen LogP contribution in [0.3, 0.4) is 0 Å². The SMILES string of the molecule is CCC1CCC(c2nc(-c3ccccc3Br)c(C)s2)C1. The number of benzene rings is 1. The molecule has 2 atom stereocenters. The lowest BCUT2D eigenvalue weighted by Gasteiger charge is -2.06. The molecule has 0 bridgehead atoms. The van der Waals surface area contributed by atoms with Crippen LogP contribution >= 0.6 is 27.3 Å². The minimum atomic E-state index is 0.694. The highest BCUT2D eigenvalue weighted by Gasteiger charge is 2.27. The van der Waals surface area contributed by atoms with Gasteiger partial charge in [-0.05, 0) is 38.2 Å². The first kappa shape index (κ1) is 14.3. The number of hydrogen-bond donors (Lipinski definition) is 0. The third-order valence-electron chi connectivity index (χ3n) is 4.41. The monoisotopic (exact) mass is 349 g/mol. The minimum Gasteiger partial charge on any atom is -0.241 e. The molecule has 1 saturated carbocycles. The van der Waals surface area contributed by atoms with Crippen LogP contribution in [0.15, 0.2) is 28.7 Å². The fourth-order valence-electron chi connectivity index (χ4n) is 3.16. The van der Waals surface area contributed by atoms with Crippen molar-refractivity contribution in [3.05, 3.63) is 38.6 Å².